The SMILES string of the molecule is Cn1cc(CC(=O)N[C@H]2COC[C@H]2Cc2ccncc2)c2ccccc21. The summed E-state index contributed by atoms with van der Waals surface area (Å²) in [6.45, 7) is 1.26. The summed E-state index contributed by atoms with van der Waals surface area (Å²) >= 11 is 0. The molecule has 1 saturated heterocycles. The molecule has 26 heavy (non-hydrogen) atoms. The molecule has 2 atom stereocenters. The topological polar surface area (TPSA) is 56.2 Å². The monoisotopic (exact) mass is 349 g/mol. The second kappa shape index (κ2) is 7.30. The number of carbonyl (C=O) groups excluding carboxylic acids is 1. The lowest BCUT2D eigenvalue weighted by molar-refractivity contribution is -0.121. The van der Waals surface area contributed by atoms with Crippen molar-refractivity contribution in [2.75, 3.05) is 13.2 Å². The summed E-state index contributed by atoms with van der Waals surface area (Å²) in [5.41, 5.74) is 3.43. The number of pyridine rings is 1. The van der Waals surface area contributed by atoms with Crippen molar-refractivity contribution < 1.29 is 9.53 Å². The molecule has 1 fully saturated rings. The van der Waals surface area contributed by atoms with Crippen LogP contribution in [0.1, 0.15) is 11.1 Å². The smallest absolute Gasteiger partial charge is 0.224 e. The van der Waals surface area contributed by atoms with E-state index in [0.717, 1.165) is 22.9 Å². The molecule has 0 saturated carbocycles. The molecule has 2 aromatic heterocycles. The molecule has 3 heterocycles. The Morgan fingerprint density at radius 2 is 2.04 bits per heavy atom. The largest absolute Gasteiger partial charge is 0.379 e. The molecule has 4 rings (SSSR count). The lowest BCUT2D eigenvalue weighted by atomic mass is 9.95. The molecular formula is C21H23N3O2. The Morgan fingerprint density at radius 3 is 2.88 bits per heavy atom. The van der Waals surface area contributed by atoms with Crippen LogP contribution in [0.3, 0.4) is 0 Å². The van der Waals surface area contributed by atoms with Gasteiger partial charge in [-0.1, -0.05) is 18.2 Å². The highest BCUT2D eigenvalue weighted by Gasteiger charge is 2.29. The average molecular weight is 349 g/mol. The van der Waals surface area contributed by atoms with E-state index >= 15 is 0 Å². The Hall–Kier alpha value is -2.66. The van der Waals surface area contributed by atoms with Crippen molar-refractivity contribution in [1.82, 2.24) is 14.9 Å². The number of fused-ring (bicyclic) bond motifs is 1. The van der Waals surface area contributed by atoms with Gasteiger partial charge in [0.2, 0.25) is 5.91 Å². The van der Waals surface area contributed by atoms with Crippen molar-refractivity contribution in [2.24, 2.45) is 13.0 Å². The maximum atomic E-state index is 12.6. The molecule has 1 aliphatic rings. The summed E-state index contributed by atoms with van der Waals surface area (Å²) in [6, 6.07) is 12.3. The molecule has 1 aromatic carbocycles. The standard InChI is InChI=1S/C21H23N3O2/c1-24-12-16(18-4-2-3-5-20(18)24)11-21(25)23-19-14-26-13-17(19)10-15-6-8-22-9-7-15/h2-9,12,17,19H,10-11,13-14H2,1H3,(H,23,25)/t17-,19+/m1/s1. The van der Waals surface area contributed by atoms with Crippen LogP contribution in [-0.4, -0.2) is 34.7 Å². The summed E-state index contributed by atoms with van der Waals surface area (Å²) in [5.74, 6) is 0.352. The predicted octanol–water partition coefficient (Wildman–Crippen LogP) is 2.49. The van der Waals surface area contributed by atoms with Crippen molar-refractivity contribution >= 4 is 16.8 Å². The lowest BCUT2D eigenvalue weighted by Crippen LogP contribution is -2.41. The average Bonchev–Trinajstić information content (AvgIpc) is 3.21. The number of amides is 1. The number of aromatic nitrogens is 2. The van der Waals surface area contributed by atoms with Gasteiger partial charge in [-0.3, -0.25) is 9.78 Å². The summed E-state index contributed by atoms with van der Waals surface area (Å²) in [5, 5.41) is 4.32. The zero-order valence-corrected chi connectivity index (χ0v) is 14.9. The van der Waals surface area contributed by atoms with Crippen LogP contribution in [0.4, 0.5) is 0 Å². The quantitative estimate of drug-likeness (QED) is 0.770. The number of benzene rings is 1. The number of nitrogens with zero attached hydrogens (tertiary/aromatic N) is 2. The number of nitrogens with one attached hydrogen (secondary N) is 1. The highest BCUT2D eigenvalue weighted by Crippen LogP contribution is 2.22. The maximum Gasteiger partial charge on any atom is 0.224 e. The van der Waals surface area contributed by atoms with Crippen LogP contribution in [0.15, 0.2) is 55.0 Å². The molecule has 0 unspecified atom stereocenters. The van der Waals surface area contributed by atoms with Crippen molar-refractivity contribution in [3.8, 4) is 0 Å². The van der Waals surface area contributed by atoms with Crippen LogP contribution in [-0.2, 0) is 29.4 Å². The molecule has 1 amide bonds. The molecule has 1 aliphatic heterocycles. The summed E-state index contributed by atoms with van der Waals surface area (Å²) in [6.07, 6.45) is 6.93. The van der Waals surface area contributed by atoms with Gasteiger partial charge in [0, 0.05) is 42.5 Å². The summed E-state index contributed by atoms with van der Waals surface area (Å²) < 4.78 is 7.71. The Bertz CT molecular complexity index is 904. The maximum absolute atomic E-state index is 12.6. The van der Waals surface area contributed by atoms with E-state index < -0.39 is 0 Å². The van der Waals surface area contributed by atoms with Crippen molar-refractivity contribution in [3.05, 3.63) is 66.1 Å². The fourth-order valence-electron chi connectivity index (χ4n) is 3.78. The number of hydrogen-bond donors (Lipinski definition) is 1. The molecule has 3 aromatic rings. The molecule has 0 spiro atoms. The molecule has 0 aliphatic carbocycles. The molecule has 1 N–H and O–H groups in total. The van der Waals surface area contributed by atoms with Crippen LogP contribution >= 0.6 is 0 Å². The van der Waals surface area contributed by atoms with Crippen LogP contribution in [0.2, 0.25) is 0 Å². The van der Waals surface area contributed by atoms with Gasteiger partial charge in [0.25, 0.3) is 0 Å². The van der Waals surface area contributed by atoms with Crippen molar-refractivity contribution in [3.63, 3.8) is 0 Å². The molecule has 5 nitrogen and oxygen atoms in total. The van der Waals surface area contributed by atoms with Gasteiger partial charge in [-0.05, 0) is 35.7 Å². The van der Waals surface area contributed by atoms with E-state index in [-0.39, 0.29) is 11.9 Å². The zero-order valence-electron chi connectivity index (χ0n) is 14.9. The molecule has 5 heteroatoms. The molecule has 0 radical (unpaired) electrons. The fraction of sp³-hybridized carbons (Fsp3) is 0.333. The van der Waals surface area contributed by atoms with Gasteiger partial charge in [-0.25, -0.2) is 0 Å². The van der Waals surface area contributed by atoms with E-state index in [1.54, 1.807) is 12.4 Å². The first-order valence-corrected chi connectivity index (χ1v) is 8.99. The normalized spacial score (nSPS) is 19.7. The Balaban J connectivity index is 1.42. The highest BCUT2D eigenvalue weighted by atomic mass is 16.5. The third kappa shape index (κ3) is 3.48. The number of carbonyl (C=O) groups is 1. The summed E-state index contributed by atoms with van der Waals surface area (Å²) in [7, 11) is 2.01. The van der Waals surface area contributed by atoms with Gasteiger partial charge in [0.15, 0.2) is 0 Å². The number of hydrogen-bond acceptors (Lipinski definition) is 3. The van der Waals surface area contributed by atoms with Gasteiger partial charge in [0.1, 0.15) is 0 Å². The van der Waals surface area contributed by atoms with Crippen molar-refractivity contribution in [2.45, 2.75) is 18.9 Å². The minimum Gasteiger partial charge on any atom is -0.379 e. The van der Waals surface area contributed by atoms with E-state index in [9.17, 15) is 4.79 Å². The van der Waals surface area contributed by atoms with Gasteiger partial charge >= 0.3 is 0 Å². The third-order valence-corrected chi connectivity index (χ3v) is 5.12. The Labute approximate surface area is 153 Å². The van der Waals surface area contributed by atoms with E-state index in [1.807, 2.05) is 37.5 Å². The van der Waals surface area contributed by atoms with Crippen LogP contribution < -0.4 is 5.32 Å². The van der Waals surface area contributed by atoms with E-state index in [1.165, 1.54) is 5.56 Å². The number of para-hydroxylation sites is 1. The number of rotatable bonds is 5. The Morgan fingerprint density at radius 1 is 1.23 bits per heavy atom. The van der Waals surface area contributed by atoms with Crippen LogP contribution in [0, 0.1) is 5.92 Å². The van der Waals surface area contributed by atoms with E-state index in [2.05, 4.69) is 27.0 Å². The Kier molecular flexibility index (Phi) is 4.71. The first kappa shape index (κ1) is 16.8. The summed E-state index contributed by atoms with van der Waals surface area (Å²) in [4.78, 5) is 16.7. The van der Waals surface area contributed by atoms with Crippen LogP contribution in [0.5, 0.6) is 0 Å². The molecule has 0 bridgehead atoms. The lowest BCUT2D eigenvalue weighted by Gasteiger charge is -2.19. The van der Waals surface area contributed by atoms with Gasteiger partial charge < -0.3 is 14.6 Å². The van der Waals surface area contributed by atoms with E-state index in [0.29, 0.717) is 25.6 Å². The second-order valence-corrected chi connectivity index (χ2v) is 6.99. The highest BCUT2D eigenvalue weighted by molar-refractivity contribution is 5.89. The van der Waals surface area contributed by atoms with Gasteiger partial charge in [0.05, 0.1) is 25.7 Å². The fourth-order valence-corrected chi connectivity index (χ4v) is 3.78. The van der Waals surface area contributed by atoms with Gasteiger partial charge in [-0.2, -0.15) is 0 Å². The minimum atomic E-state index is 0.0524. The predicted molar refractivity (Wildman–Crippen MR) is 101 cm³/mol. The number of ether oxygens (including phenoxy) is 1. The number of aryl methyl sites for hydroxylation is 1. The van der Waals surface area contributed by atoms with Crippen molar-refractivity contribution in [1.29, 1.82) is 0 Å². The zero-order chi connectivity index (χ0) is 17.9. The first-order chi connectivity index (χ1) is 12.7. The minimum absolute atomic E-state index is 0.0524. The second-order valence-electron chi connectivity index (χ2n) is 6.99. The van der Waals surface area contributed by atoms with Gasteiger partial charge in [-0.15, -0.1) is 0 Å². The molecule has 134 valence electrons. The third-order valence-electron chi connectivity index (χ3n) is 5.12. The van der Waals surface area contributed by atoms with E-state index in [4.69, 9.17) is 4.74 Å². The molecular weight excluding hydrogens is 326 g/mol. The van der Waals surface area contributed by atoms with Crippen LogP contribution in [0.25, 0.3) is 10.9 Å². The first-order valence-electron chi connectivity index (χ1n) is 8.99.